The van der Waals surface area contributed by atoms with Gasteiger partial charge in [0.1, 0.15) is 6.54 Å². The zero-order chi connectivity index (χ0) is 15.1. The molecule has 20 heavy (non-hydrogen) atoms. The van der Waals surface area contributed by atoms with Crippen molar-refractivity contribution in [2.45, 2.75) is 6.92 Å². The van der Waals surface area contributed by atoms with Crippen LogP contribution in [0.15, 0.2) is 22.7 Å². The second-order valence-corrected chi connectivity index (χ2v) is 5.08. The Hall–Kier alpha value is -1.60. The molecule has 0 radical (unpaired) electrons. The Kier molecular flexibility index (Phi) is 6.47. The fraction of sp³-hybridized carbons (Fsp3) is 0.385. The third kappa shape index (κ3) is 5.18. The maximum absolute atomic E-state index is 12.1. The number of carboxylic acids is 1. The third-order valence-electron chi connectivity index (χ3n) is 2.54. The molecule has 0 saturated heterocycles. The number of anilines is 1. The normalized spacial score (nSPS) is 10.2. The monoisotopic (exact) mass is 344 g/mol. The lowest BCUT2D eigenvalue weighted by Gasteiger charge is -2.21. The molecule has 0 spiro atoms. The first-order valence-corrected chi connectivity index (χ1v) is 6.76. The molecule has 2 amide bonds. The van der Waals surface area contributed by atoms with Crippen molar-refractivity contribution in [1.29, 1.82) is 0 Å². The van der Waals surface area contributed by atoms with Gasteiger partial charge in [-0.1, -0.05) is 6.07 Å². The van der Waals surface area contributed by atoms with Gasteiger partial charge in [-0.15, -0.1) is 0 Å². The smallest absolute Gasteiger partial charge is 0.323 e. The number of hydrogen-bond donors (Lipinski definition) is 2. The summed E-state index contributed by atoms with van der Waals surface area (Å²) in [6.45, 7) is 2.04. The van der Waals surface area contributed by atoms with Crippen LogP contribution in [0.3, 0.4) is 0 Å². The van der Waals surface area contributed by atoms with Gasteiger partial charge in [-0.3, -0.25) is 4.79 Å². The summed E-state index contributed by atoms with van der Waals surface area (Å²) in [6.07, 6.45) is 0. The van der Waals surface area contributed by atoms with E-state index in [1.807, 2.05) is 19.1 Å². The van der Waals surface area contributed by atoms with Gasteiger partial charge in [0.25, 0.3) is 0 Å². The average molecular weight is 345 g/mol. The minimum absolute atomic E-state index is 0.206. The lowest BCUT2D eigenvalue weighted by molar-refractivity contribution is -0.137. The number of benzene rings is 1. The van der Waals surface area contributed by atoms with Gasteiger partial charge in [-0.05, 0) is 40.5 Å². The summed E-state index contributed by atoms with van der Waals surface area (Å²) in [5, 5.41) is 11.5. The highest BCUT2D eigenvalue weighted by Crippen LogP contribution is 2.23. The van der Waals surface area contributed by atoms with E-state index < -0.39 is 12.0 Å². The number of carbonyl (C=O) groups is 2. The molecular formula is C13H17BrN2O4. The highest BCUT2D eigenvalue weighted by molar-refractivity contribution is 9.10. The van der Waals surface area contributed by atoms with Crippen LogP contribution in [0.25, 0.3) is 0 Å². The maximum Gasteiger partial charge on any atom is 0.323 e. The number of nitrogens with one attached hydrogen (secondary N) is 1. The summed E-state index contributed by atoms with van der Waals surface area (Å²) in [6, 6.07) is 5.00. The number of carboxylic acid groups (broad SMARTS) is 1. The quantitative estimate of drug-likeness (QED) is 0.829. The molecule has 6 nitrogen and oxygen atoms in total. The van der Waals surface area contributed by atoms with E-state index in [1.165, 1.54) is 12.0 Å². The highest BCUT2D eigenvalue weighted by Gasteiger charge is 2.17. The van der Waals surface area contributed by atoms with E-state index in [0.717, 1.165) is 10.0 Å². The minimum Gasteiger partial charge on any atom is -0.480 e. The van der Waals surface area contributed by atoms with Crippen LogP contribution in [0.5, 0.6) is 0 Å². The van der Waals surface area contributed by atoms with E-state index in [2.05, 4.69) is 21.2 Å². The second-order valence-electron chi connectivity index (χ2n) is 4.22. The Balaban J connectivity index is 2.76. The number of aryl methyl sites for hydroxylation is 1. The molecular weight excluding hydrogens is 328 g/mol. The predicted octanol–water partition coefficient (Wildman–Crippen LogP) is 2.32. The molecule has 0 aliphatic heterocycles. The Labute approximate surface area is 125 Å². The molecule has 0 fully saturated rings. The summed E-state index contributed by atoms with van der Waals surface area (Å²) in [5.41, 5.74) is 1.64. The van der Waals surface area contributed by atoms with Gasteiger partial charge < -0.3 is 20.1 Å². The largest absolute Gasteiger partial charge is 0.480 e. The fourth-order valence-electron chi connectivity index (χ4n) is 1.53. The number of hydrogen-bond acceptors (Lipinski definition) is 3. The van der Waals surface area contributed by atoms with Gasteiger partial charge in [0, 0.05) is 18.1 Å². The van der Waals surface area contributed by atoms with Crippen molar-refractivity contribution >= 4 is 33.6 Å². The molecule has 1 aromatic carbocycles. The van der Waals surface area contributed by atoms with Gasteiger partial charge in [0.2, 0.25) is 0 Å². The number of urea groups is 1. The Morgan fingerprint density at radius 3 is 2.70 bits per heavy atom. The Bertz CT molecular complexity index is 493. The minimum atomic E-state index is -1.07. The van der Waals surface area contributed by atoms with E-state index >= 15 is 0 Å². The molecule has 0 atom stereocenters. The van der Waals surface area contributed by atoms with Crippen molar-refractivity contribution in [3.8, 4) is 0 Å². The molecule has 0 saturated carbocycles. The van der Waals surface area contributed by atoms with Crippen molar-refractivity contribution in [2.24, 2.45) is 0 Å². The van der Waals surface area contributed by atoms with Crippen molar-refractivity contribution in [1.82, 2.24) is 4.90 Å². The SMILES string of the molecule is COCCN(CC(=O)O)C(=O)Nc1ccc(C)cc1Br. The standard InChI is InChI=1S/C13H17BrN2O4/c1-9-3-4-11(10(14)7-9)15-13(19)16(5-6-20-2)8-12(17)18/h3-4,7H,5-6,8H2,1-2H3,(H,15,19)(H,17,18). The molecule has 7 heteroatoms. The lowest BCUT2D eigenvalue weighted by Crippen LogP contribution is -2.40. The third-order valence-corrected chi connectivity index (χ3v) is 3.20. The number of amides is 2. The molecule has 2 N–H and O–H groups in total. The zero-order valence-corrected chi connectivity index (χ0v) is 12.9. The number of carbonyl (C=O) groups excluding carboxylic acids is 1. The second kappa shape index (κ2) is 7.86. The zero-order valence-electron chi connectivity index (χ0n) is 11.4. The molecule has 0 bridgehead atoms. The summed E-state index contributed by atoms with van der Waals surface area (Å²) in [7, 11) is 1.49. The van der Waals surface area contributed by atoms with E-state index in [0.29, 0.717) is 5.69 Å². The van der Waals surface area contributed by atoms with Crippen molar-refractivity contribution < 1.29 is 19.4 Å². The molecule has 0 heterocycles. The summed E-state index contributed by atoms with van der Waals surface area (Å²) < 4.78 is 5.61. The van der Waals surface area contributed by atoms with Crippen LogP contribution in [-0.2, 0) is 9.53 Å². The van der Waals surface area contributed by atoms with Crippen LogP contribution in [0, 0.1) is 6.92 Å². The van der Waals surface area contributed by atoms with Crippen molar-refractivity contribution in [3.05, 3.63) is 28.2 Å². The van der Waals surface area contributed by atoms with E-state index in [4.69, 9.17) is 9.84 Å². The molecule has 1 aromatic rings. The van der Waals surface area contributed by atoms with Crippen LogP contribution in [-0.4, -0.2) is 48.8 Å². The van der Waals surface area contributed by atoms with Gasteiger partial charge in [-0.2, -0.15) is 0 Å². The maximum atomic E-state index is 12.1. The first-order chi connectivity index (χ1) is 9.43. The molecule has 110 valence electrons. The van der Waals surface area contributed by atoms with Crippen molar-refractivity contribution in [2.75, 3.05) is 32.1 Å². The summed E-state index contributed by atoms with van der Waals surface area (Å²) in [5.74, 6) is -1.07. The highest BCUT2D eigenvalue weighted by atomic mass is 79.9. The number of nitrogens with zero attached hydrogens (tertiary/aromatic N) is 1. The summed E-state index contributed by atoms with van der Waals surface area (Å²) >= 11 is 3.35. The van der Waals surface area contributed by atoms with Crippen LogP contribution in [0.2, 0.25) is 0 Å². The lowest BCUT2D eigenvalue weighted by atomic mass is 10.2. The van der Waals surface area contributed by atoms with E-state index in [1.54, 1.807) is 6.07 Å². The topological polar surface area (TPSA) is 78.9 Å². The van der Waals surface area contributed by atoms with Gasteiger partial charge >= 0.3 is 12.0 Å². The number of rotatable bonds is 6. The van der Waals surface area contributed by atoms with Gasteiger partial charge in [0.05, 0.1) is 12.3 Å². The first-order valence-electron chi connectivity index (χ1n) is 5.97. The van der Waals surface area contributed by atoms with Gasteiger partial charge in [-0.25, -0.2) is 4.79 Å². The number of aliphatic carboxylic acids is 1. The van der Waals surface area contributed by atoms with Crippen molar-refractivity contribution in [3.63, 3.8) is 0 Å². The molecule has 0 aromatic heterocycles. The van der Waals surface area contributed by atoms with Crippen LogP contribution >= 0.6 is 15.9 Å². The number of methoxy groups -OCH3 is 1. The Morgan fingerprint density at radius 2 is 2.15 bits per heavy atom. The molecule has 0 aliphatic rings. The number of halogens is 1. The Morgan fingerprint density at radius 1 is 1.45 bits per heavy atom. The number of ether oxygens (including phenoxy) is 1. The van der Waals surface area contributed by atoms with E-state index in [-0.39, 0.29) is 19.7 Å². The first kappa shape index (κ1) is 16.5. The molecule has 0 aliphatic carbocycles. The van der Waals surface area contributed by atoms with Crippen LogP contribution in [0.1, 0.15) is 5.56 Å². The van der Waals surface area contributed by atoms with Crippen LogP contribution < -0.4 is 5.32 Å². The predicted molar refractivity (Wildman–Crippen MR) is 79.0 cm³/mol. The average Bonchev–Trinajstić information content (AvgIpc) is 2.37. The summed E-state index contributed by atoms with van der Waals surface area (Å²) in [4.78, 5) is 24.0. The molecule has 1 rings (SSSR count). The van der Waals surface area contributed by atoms with Crippen LogP contribution in [0.4, 0.5) is 10.5 Å². The fourth-order valence-corrected chi connectivity index (χ4v) is 2.13. The van der Waals surface area contributed by atoms with Gasteiger partial charge in [0.15, 0.2) is 0 Å². The van der Waals surface area contributed by atoms with E-state index in [9.17, 15) is 9.59 Å². The molecule has 0 unspecified atom stereocenters.